The van der Waals surface area contributed by atoms with Crippen LogP contribution >= 0.6 is 38.5 Å². The number of hydrogen-bond donors (Lipinski definition) is 5. The molecule has 0 spiro atoms. The molecule has 0 radical (unpaired) electrons. The molecule has 9 aromatic heterocycles. The number of carbonyl (C=O) groups excluding carboxylic acids is 7. The van der Waals surface area contributed by atoms with Crippen molar-refractivity contribution in [2.75, 3.05) is 12.8 Å². The average Bonchev–Trinajstić information content (AvgIpc) is 1.62. The maximum Gasteiger partial charge on any atom is 0.373 e. The van der Waals surface area contributed by atoms with Crippen molar-refractivity contribution >= 4 is 107 Å². The van der Waals surface area contributed by atoms with Crippen molar-refractivity contribution in [1.82, 2.24) is 48.9 Å². The number of Topliss-reactive ketones (excluding diaryl/α,β-unsaturated/α-hetero) is 1. The summed E-state index contributed by atoms with van der Waals surface area (Å²) in [7, 11) is 1.26. The number of rotatable bonds is 13. The molecule has 110 heavy (non-hydrogen) atoms. The third kappa shape index (κ3) is 25.5. The standard InChI is InChI=1S/C25H26N4O2.C17H18N2.C16H16N2.C8H9Br.C8H12N2O.C5H5IN2.C5H8O3.2CO2/c1-15-13-16(2)28-24(30)20(15)14-27-25(31)22-18(4)29(21-11-8-12-26-23(21)22)17(3)19-9-6-5-7-10-19;1-12-13(2)19(16-10-7-11-18-17(12)16)14(3)15-8-5-4-6-9-15;1-12-11-15-16(9-6-10-17-15)18(12)13(2)14-7-4-3-5-8-14;1-7(9)8-5-3-2-4-6-8;1-5-3-6(2)10-8(11)7(5)4-9;6-5-4(7)2-1-3-8-5;1-4(6)3-5(7)8-2;2*2-1-3/h5-13,17H,14H2,1-4H3,(H,27,31)(H,28,30);4-11,14H,1-3H3;3-11,13H,1-2H3;2-7H,1H3;3H,4,9H2,1-2H3,(H,10,11);1-3H,7H2;3H2,1-2H3;;. The van der Waals surface area contributed by atoms with E-state index in [1.807, 2.05) is 132 Å². The van der Waals surface area contributed by atoms with Crippen LogP contribution in [0.1, 0.15) is 153 Å². The lowest BCUT2D eigenvalue weighted by Crippen LogP contribution is -2.28. The number of anilines is 1. The number of aromatic nitrogens is 9. The van der Waals surface area contributed by atoms with E-state index in [-0.39, 0.29) is 54.1 Å². The van der Waals surface area contributed by atoms with Crippen LogP contribution in [0, 0.1) is 59.1 Å². The first kappa shape index (κ1) is 89.0. The molecule has 0 aliphatic heterocycles. The molecule has 1 amide bonds. The molecule has 13 aromatic rings. The normalized spacial score (nSPS) is 11.2. The predicted molar refractivity (Wildman–Crippen MR) is 444 cm³/mol. The van der Waals surface area contributed by atoms with Gasteiger partial charge >= 0.3 is 18.3 Å². The number of methoxy groups -OCH3 is 1. The van der Waals surface area contributed by atoms with Crippen LogP contribution in [0.25, 0.3) is 33.1 Å². The number of ketones is 1. The van der Waals surface area contributed by atoms with Crippen LogP contribution in [0.4, 0.5) is 5.69 Å². The number of amides is 1. The van der Waals surface area contributed by atoms with Crippen LogP contribution < -0.4 is 27.9 Å². The van der Waals surface area contributed by atoms with E-state index >= 15 is 0 Å². The second kappa shape index (κ2) is 45.2. The Kier molecular flexibility index (Phi) is 36.6. The van der Waals surface area contributed by atoms with Crippen molar-refractivity contribution in [3.8, 4) is 0 Å². The Morgan fingerprint density at radius 1 is 0.536 bits per heavy atom. The first-order chi connectivity index (χ1) is 52.6. The summed E-state index contributed by atoms with van der Waals surface area (Å²) in [5.74, 6) is -0.881. The van der Waals surface area contributed by atoms with Gasteiger partial charge in [0.15, 0.2) is 0 Å². The molecule has 0 bridgehead atoms. The predicted octanol–water partition coefficient (Wildman–Crippen LogP) is 16.2. The summed E-state index contributed by atoms with van der Waals surface area (Å²) >= 11 is 5.57. The van der Waals surface area contributed by atoms with Gasteiger partial charge in [0.2, 0.25) is 0 Å². The number of nitrogens with one attached hydrogen (secondary N) is 3. The average molecular weight is 1660 g/mol. The van der Waals surface area contributed by atoms with E-state index in [2.05, 4.69) is 244 Å². The molecule has 0 saturated carbocycles. The molecule has 4 aromatic carbocycles. The topological polar surface area (TPSA) is 325 Å². The summed E-state index contributed by atoms with van der Waals surface area (Å²) in [6, 6.07) is 64.2. The maximum absolute atomic E-state index is 13.2. The zero-order valence-corrected chi connectivity index (χ0v) is 68.0. The number of carbonyl (C=O) groups is 3. The zero-order valence-electron chi connectivity index (χ0n) is 64.3. The third-order valence-electron chi connectivity index (χ3n) is 17.6. The van der Waals surface area contributed by atoms with E-state index < -0.39 is 5.97 Å². The largest absolute Gasteiger partial charge is 0.469 e. The molecule has 13 rings (SSSR count). The highest BCUT2D eigenvalue weighted by Crippen LogP contribution is 2.33. The molecule has 4 atom stereocenters. The lowest BCUT2D eigenvalue weighted by atomic mass is 10.1. The van der Waals surface area contributed by atoms with Gasteiger partial charge in [0, 0.05) is 82.3 Å². The number of hydrogen-bond acceptors (Lipinski definition) is 16. The zero-order chi connectivity index (χ0) is 81.1. The van der Waals surface area contributed by atoms with Gasteiger partial charge in [-0.15, -0.1) is 0 Å². The van der Waals surface area contributed by atoms with Crippen molar-refractivity contribution in [1.29, 1.82) is 0 Å². The fourth-order valence-corrected chi connectivity index (χ4v) is 12.8. The van der Waals surface area contributed by atoms with Crippen LogP contribution in [0.15, 0.2) is 222 Å². The van der Waals surface area contributed by atoms with E-state index in [0.29, 0.717) is 45.7 Å². The first-order valence-corrected chi connectivity index (χ1v) is 37.0. The number of nitrogens with two attached hydrogens (primary N) is 2. The fraction of sp³-hybridized carbons (Fsp3) is 0.244. The maximum atomic E-state index is 13.2. The molecule has 0 fully saturated rings. The van der Waals surface area contributed by atoms with Crippen LogP contribution in [0.5, 0.6) is 0 Å². The minimum Gasteiger partial charge on any atom is -0.469 e. The summed E-state index contributed by atoms with van der Waals surface area (Å²) in [6.45, 7) is 26.4. The Labute approximate surface area is 662 Å². The van der Waals surface area contributed by atoms with Gasteiger partial charge in [0.1, 0.15) is 21.4 Å². The van der Waals surface area contributed by atoms with Gasteiger partial charge in [-0.1, -0.05) is 137 Å². The molecule has 24 heteroatoms. The Hall–Kier alpha value is -11.7. The molecular formula is C86H94BrIN12O10. The van der Waals surface area contributed by atoms with Gasteiger partial charge in [-0.05, 0) is 218 Å². The number of halogens is 2. The number of nitrogens with zero attached hydrogens (tertiary/aromatic N) is 7. The van der Waals surface area contributed by atoms with E-state index in [4.69, 9.17) is 30.6 Å². The second-order valence-electron chi connectivity index (χ2n) is 25.3. The van der Waals surface area contributed by atoms with Gasteiger partial charge in [0.05, 0.1) is 64.1 Å². The number of aromatic amines is 2. The van der Waals surface area contributed by atoms with Crippen LogP contribution in [-0.2, 0) is 46.6 Å². The fourth-order valence-electron chi connectivity index (χ4n) is 12.2. The van der Waals surface area contributed by atoms with E-state index in [9.17, 15) is 24.0 Å². The SMILES string of the molecule is CC(Br)c1ccccc1.COC(=O)CC(C)=O.Cc1c(C)n(C(C)c2ccccc2)c2cccnc12.Cc1cc(C)c(CN)c(=O)[nH]1.Cc1cc(C)c(CNC(=O)c2c(C)n(C(C)c3ccccc3)c3cccnc23)c(=O)[nH]1.Cc1cc2ncccc2n1C(C)c1ccccc1.Nc1cccnc1I.O=C=O.O=C=O. The molecule has 0 aliphatic rings. The van der Waals surface area contributed by atoms with E-state index in [1.165, 1.54) is 58.7 Å². The van der Waals surface area contributed by atoms with Gasteiger partial charge in [0.25, 0.3) is 17.0 Å². The summed E-state index contributed by atoms with van der Waals surface area (Å²) in [5.41, 5.74) is 32.6. The number of H-pyrrole nitrogens is 2. The summed E-state index contributed by atoms with van der Waals surface area (Å²) < 4.78 is 11.9. The summed E-state index contributed by atoms with van der Waals surface area (Å²) in [6.07, 6.45) is 7.52. The monoisotopic (exact) mass is 1660 g/mol. The number of ether oxygens (including phenoxy) is 1. The lowest BCUT2D eigenvalue weighted by Gasteiger charge is -2.18. The van der Waals surface area contributed by atoms with Gasteiger partial charge < -0.3 is 45.2 Å². The van der Waals surface area contributed by atoms with Crippen molar-refractivity contribution < 1.29 is 38.3 Å². The van der Waals surface area contributed by atoms with E-state index in [1.54, 1.807) is 12.4 Å². The number of esters is 1. The highest BCUT2D eigenvalue weighted by molar-refractivity contribution is 14.1. The minimum atomic E-state index is -0.475. The Morgan fingerprint density at radius 3 is 1.34 bits per heavy atom. The van der Waals surface area contributed by atoms with Crippen molar-refractivity contribution in [2.24, 2.45) is 5.73 Å². The Balaban J connectivity index is 0.000000240. The van der Waals surface area contributed by atoms with Crippen LogP contribution in [-0.4, -0.2) is 80.7 Å². The quantitative estimate of drug-likeness (QED) is 0.0235. The van der Waals surface area contributed by atoms with Gasteiger partial charge in [-0.25, -0.2) is 4.98 Å². The van der Waals surface area contributed by atoms with E-state index in [0.717, 1.165) is 59.7 Å². The highest BCUT2D eigenvalue weighted by atomic mass is 127. The smallest absolute Gasteiger partial charge is 0.373 e. The molecule has 0 saturated heterocycles. The number of benzene rings is 4. The highest BCUT2D eigenvalue weighted by Gasteiger charge is 2.25. The molecule has 22 nitrogen and oxygen atoms in total. The molecule has 4 unspecified atom stereocenters. The van der Waals surface area contributed by atoms with Crippen molar-refractivity contribution in [2.45, 2.75) is 132 Å². The lowest BCUT2D eigenvalue weighted by molar-refractivity contribution is -0.193. The molecule has 7 N–H and O–H groups in total. The van der Waals surface area contributed by atoms with Gasteiger partial charge in [-0.3, -0.25) is 38.9 Å². The molecule has 0 aliphatic carbocycles. The Morgan fingerprint density at radius 2 is 0.936 bits per heavy atom. The van der Waals surface area contributed by atoms with Crippen molar-refractivity contribution in [3.63, 3.8) is 0 Å². The summed E-state index contributed by atoms with van der Waals surface area (Å²) in [4.78, 5) is 113. The number of alkyl halides is 1. The van der Waals surface area contributed by atoms with Gasteiger partial charge in [-0.2, -0.15) is 19.2 Å². The number of fused-ring (bicyclic) bond motifs is 3. The van der Waals surface area contributed by atoms with Crippen LogP contribution in [0.2, 0.25) is 0 Å². The minimum absolute atomic E-state index is 0.0386. The number of aryl methyl sites for hydroxylation is 6. The second-order valence-corrected chi connectivity index (χ2v) is 27.7. The molecule has 572 valence electrons. The first-order valence-electron chi connectivity index (χ1n) is 35.0. The van der Waals surface area contributed by atoms with Crippen molar-refractivity contribution in [3.05, 3.63) is 321 Å². The van der Waals surface area contributed by atoms with Crippen LogP contribution in [0.3, 0.4) is 0 Å². The third-order valence-corrected chi connectivity index (χ3v) is 19.1. The number of nitrogen functional groups attached to an aromatic ring is 1. The Bertz CT molecular complexity index is 5290. The molecular weight excluding hydrogens is 1570 g/mol. The summed E-state index contributed by atoms with van der Waals surface area (Å²) in [5, 5.41) is 2.93. The number of pyridine rings is 6. The molecule has 9 heterocycles.